The number of hydrogen-bond acceptors (Lipinski definition) is 4. The normalized spacial score (nSPS) is 15.1. The van der Waals surface area contributed by atoms with Crippen LogP contribution in [-0.4, -0.2) is 63.0 Å². The Balaban J connectivity index is 1.48. The molecule has 0 spiro atoms. The van der Waals surface area contributed by atoms with Crippen LogP contribution < -0.4 is 10.1 Å². The Kier molecular flexibility index (Phi) is 6.94. The first-order valence-corrected chi connectivity index (χ1v) is 11.2. The number of halogens is 1. The summed E-state index contributed by atoms with van der Waals surface area (Å²) in [6.45, 7) is 5.04. The number of sulfonamides is 1. The maximum atomic E-state index is 13.5. The second-order valence-corrected chi connectivity index (χ2v) is 9.08. The summed E-state index contributed by atoms with van der Waals surface area (Å²) in [7, 11) is -3.60. The molecule has 7 nitrogen and oxygen atoms in total. The van der Waals surface area contributed by atoms with Gasteiger partial charge in [-0.15, -0.1) is 0 Å². The number of aryl methyl sites for hydroxylation is 2. The fraction of sp³-hybridized carbons (Fsp3) is 0.381. The number of nitrogens with one attached hydrogen (secondary N) is 1. The van der Waals surface area contributed by atoms with Crippen LogP contribution in [0.2, 0.25) is 0 Å². The van der Waals surface area contributed by atoms with E-state index < -0.39 is 15.8 Å². The van der Waals surface area contributed by atoms with Gasteiger partial charge in [-0.1, -0.05) is 24.3 Å². The van der Waals surface area contributed by atoms with Gasteiger partial charge in [-0.3, -0.25) is 0 Å². The number of carbonyl (C=O) groups excluding carboxylic acids is 1. The van der Waals surface area contributed by atoms with E-state index in [9.17, 15) is 17.6 Å². The van der Waals surface area contributed by atoms with Gasteiger partial charge in [-0.05, 0) is 43.2 Å². The Bertz CT molecular complexity index is 1010. The highest BCUT2D eigenvalue weighted by atomic mass is 32.2. The highest BCUT2D eigenvalue weighted by Crippen LogP contribution is 2.22. The number of urea groups is 1. The van der Waals surface area contributed by atoms with Crippen LogP contribution in [0, 0.1) is 19.7 Å². The van der Waals surface area contributed by atoms with Gasteiger partial charge in [0.1, 0.15) is 6.61 Å². The van der Waals surface area contributed by atoms with Crippen molar-refractivity contribution in [1.82, 2.24) is 14.5 Å². The maximum absolute atomic E-state index is 13.5. The molecule has 2 amide bonds. The van der Waals surface area contributed by atoms with Crippen LogP contribution in [0.25, 0.3) is 0 Å². The number of piperazine rings is 1. The van der Waals surface area contributed by atoms with Gasteiger partial charge in [0.05, 0.1) is 11.4 Å². The number of nitrogens with zero attached hydrogens (tertiary/aromatic N) is 2. The Morgan fingerprint density at radius 1 is 1.10 bits per heavy atom. The molecule has 0 unspecified atom stereocenters. The lowest BCUT2D eigenvalue weighted by molar-refractivity contribution is 0.170. The summed E-state index contributed by atoms with van der Waals surface area (Å²) in [6, 6.07) is 11.1. The Labute approximate surface area is 176 Å². The SMILES string of the molecule is Cc1ccc(C)c(S(=O)(=O)N2CCN(C(=O)NCCOc3ccccc3F)CC2)c1. The zero-order valence-corrected chi connectivity index (χ0v) is 17.9. The van der Waals surface area contributed by atoms with Crippen molar-refractivity contribution in [3.63, 3.8) is 0 Å². The van der Waals surface area contributed by atoms with Crippen molar-refractivity contribution in [2.24, 2.45) is 0 Å². The van der Waals surface area contributed by atoms with Crippen LogP contribution in [-0.2, 0) is 10.0 Å². The minimum Gasteiger partial charge on any atom is -0.489 e. The van der Waals surface area contributed by atoms with Gasteiger partial charge < -0.3 is 15.0 Å². The van der Waals surface area contributed by atoms with Gasteiger partial charge in [0.2, 0.25) is 10.0 Å². The third kappa shape index (κ3) is 5.09. The van der Waals surface area contributed by atoms with Gasteiger partial charge >= 0.3 is 6.03 Å². The molecular weight excluding hydrogens is 409 g/mol. The van der Waals surface area contributed by atoms with Crippen molar-refractivity contribution in [3.05, 3.63) is 59.4 Å². The molecule has 1 aliphatic rings. The van der Waals surface area contributed by atoms with E-state index >= 15 is 0 Å². The van der Waals surface area contributed by atoms with Gasteiger partial charge in [-0.2, -0.15) is 4.31 Å². The van der Waals surface area contributed by atoms with Crippen molar-refractivity contribution in [2.45, 2.75) is 18.7 Å². The van der Waals surface area contributed by atoms with Gasteiger partial charge in [0, 0.05) is 26.2 Å². The second kappa shape index (κ2) is 9.44. The topological polar surface area (TPSA) is 79.0 Å². The Morgan fingerprint density at radius 3 is 2.50 bits per heavy atom. The highest BCUT2D eigenvalue weighted by Gasteiger charge is 2.31. The zero-order chi connectivity index (χ0) is 21.7. The summed E-state index contributed by atoms with van der Waals surface area (Å²) in [4.78, 5) is 14.2. The third-order valence-electron chi connectivity index (χ3n) is 4.96. The summed E-state index contributed by atoms with van der Waals surface area (Å²) in [6.07, 6.45) is 0. The van der Waals surface area contributed by atoms with E-state index in [1.54, 1.807) is 36.1 Å². The minimum absolute atomic E-state index is 0.133. The molecule has 1 N–H and O–H groups in total. The van der Waals surface area contributed by atoms with E-state index in [0.29, 0.717) is 23.5 Å². The number of rotatable bonds is 6. The monoisotopic (exact) mass is 435 g/mol. The lowest BCUT2D eigenvalue weighted by atomic mass is 10.2. The molecule has 162 valence electrons. The summed E-state index contributed by atoms with van der Waals surface area (Å²) < 4.78 is 46.2. The first-order valence-electron chi connectivity index (χ1n) is 9.76. The van der Waals surface area contributed by atoms with Crippen LogP contribution >= 0.6 is 0 Å². The smallest absolute Gasteiger partial charge is 0.317 e. The molecule has 2 aromatic carbocycles. The van der Waals surface area contributed by atoms with Gasteiger partial charge in [0.15, 0.2) is 11.6 Å². The maximum Gasteiger partial charge on any atom is 0.317 e. The van der Waals surface area contributed by atoms with E-state index in [1.807, 2.05) is 13.0 Å². The first kappa shape index (κ1) is 22.0. The number of carbonyl (C=O) groups is 1. The molecule has 0 aromatic heterocycles. The van der Waals surface area contributed by atoms with Crippen LogP contribution in [0.5, 0.6) is 5.75 Å². The molecule has 1 fully saturated rings. The average Bonchev–Trinajstić information content (AvgIpc) is 2.74. The standard InChI is InChI=1S/C21H26FN3O4S/c1-16-7-8-17(2)20(15-16)30(27,28)25-12-10-24(11-13-25)21(26)23-9-14-29-19-6-4-3-5-18(19)22/h3-8,15H,9-14H2,1-2H3,(H,23,26). The van der Waals surface area contributed by atoms with Crippen LogP contribution in [0.3, 0.4) is 0 Å². The van der Waals surface area contributed by atoms with Crippen molar-refractivity contribution in [2.75, 3.05) is 39.3 Å². The molecule has 0 saturated carbocycles. The van der Waals surface area contributed by atoms with E-state index in [4.69, 9.17) is 4.74 Å². The predicted octanol–water partition coefficient (Wildman–Crippen LogP) is 2.54. The lowest BCUT2D eigenvalue weighted by Gasteiger charge is -2.34. The van der Waals surface area contributed by atoms with Crippen molar-refractivity contribution in [1.29, 1.82) is 0 Å². The summed E-state index contributed by atoms with van der Waals surface area (Å²) in [5.41, 5.74) is 1.59. The van der Waals surface area contributed by atoms with Crippen LogP contribution in [0.15, 0.2) is 47.4 Å². The molecule has 0 aliphatic carbocycles. The average molecular weight is 436 g/mol. The van der Waals surface area contributed by atoms with E-state index in [-0.39, 0.29) is 38.0 Å². The third-order valence-corrected chi connectivity index (χ3v) is 7.00. The number of hydrogen-bond donors (Lipinski definition) is 1. The molecule has 1 heterocycles. The lowest BCUT2D eigenvalue weighted by Crippen LogP contribution is -2.53. The number of ether oxygens (including phenoxy) is 1. The Morgan fingerprint density at radius 2 is 1.80 bits per heavy atom. The van der Waals surface area contributed by atoms with Crippen molar-refractivity contribution in [3.8, 4) is 5.75 Å². The van der Waals surface area contributed by atoms with E-state index in [1.165, 1.54) is 16.4 Å². The highest BCUT2D eigenvalue weighted by molar-refractivity contribution is 7.89. The molecule has 1 saturated heterocycles. The summed E-state index contributed by atoms with van der Waals surface area (Å²) in [5.74, 6) is -0.318. The number of para-hydroxylation sites is 1. The van der Waals surface area contributed by atoms with Crippen molar-refractivity contribution < 1.29 is 22.3 Å². The largest absolute Gasteiger partial charge is 0.489 e. The minimum atomic E-state index is -3.60. The summed E-state index contributed by atoms with van der Waals surface area (Å²) >= 11 is 0. The molecule has 9 heteroatoms. The molecule has 0 bridgehead atoms. The van der Waals surface area contributed by atoms with Crippen LogP contribution in [0.1, 0.15) is 11.1 Å². The molecule has 0 atom stereocenters. The van der Waals surface area contributed by atoms with E-state index in [0.717, 1.165) is 5.56 Å². The second-order valence-electron chi connectivity index (χ2n) is 7.17. The quantitative estimate of drug-likeness (QED) is 0.708. The fourth-order valence-electron chi connectivity index (χ4n) is 3.25. The number of benzene rings is 2. The van der Waals surface area contributed by atoms with E-state index in [2.05, 4.69) is 5.32 Å². The molecule has 0 radical (unpaired) electrons. The molecule has 3 rings (SSSR count). The molecule has 2 aromatic rings. The van der Waals surface area contributed by atoms with Gasteiger partial charge in [0.25, 0.3) is 0 Å². The number of amides is 2. The predicted molar refractivity (Wildman–Crippen MR) is 112 cm³/mol. The fourth-order valence-corrected chi connectivity index (χ4v) is 4.98. The molecule has 30 heavy (non-hydrogen) atoms. The van der Waals surface area contributed by atoms with Crippen molar-refractivity contribution >= 4 is 16.1 Å². The zero-order valence-electron chi connectivity index (χ0n) is 17.1. The first-order chi connectivity index (χ1) is 14.3. The molecule has 1 aliphatic heterocycles. The Hall–Kier alpha value is -2.65. The van der Waals surface area contributed by atoms with Gasteiger partial charge in [-0.25, -0.2) is 17.6 Å². The van der Waals surface area contributed by atoms with Crippen LogP contribution in [0.4, 0.5) is 9.18 Å². The summed E-state index contributed by atoms with van der Waals surface area (Å²) in [5, 5.41) is 2.72. The molecular formula is C21H26FN3O4S.